The molecule has 4 heteroatoms. The largest absolute Gasteiger partial charge is 0.381 e. The van der Waals surface area contributed by atoms with E-state index in [4.69, 9.17) is 4.74 Å². The molecule has 0 saturated carbocycles. The maximum Gasteiger partial charge on any atom is 0.116 e. The lowest BCUT2D eigenvalue weighted by Gasteiger charge is -2.21. The van der Waals surface area contributed by atoms with Gasteiger partial charge in [0.2, 0.25) is 0 Å². The molecule has 3 heterocycles. The van der Waals surface area contributed by atoms with Gasteiger partial charge in [-0.2, -0.15) is 0 Å². The second-order valence-corrected chi connectivity index (χ2v) is 4.34. The van der Waals surface area contributed by atoms with Gasteiger partial charge >= 0.3 is 0 Å². The third-order valence-electron chi connectivity index (χ3n) is 3.34. The van der Waals surface area contributed by atoms with Crippen molar-refractivity contribution in [2.75, 3.05) is 13.2 Å². The molecule has 0 atom stereocenters. The van der Waals surface area contributed by atoms with Crippen molar-refractivity contribution in [3.63, 3.8) is 0 Å². The summed E-state index contributed by atoms with van der Waals surface area (Å²) >= 11 is 0. The van der Waals surface area contributed by atoms with Crippen molar-refractivity contribution >= 4 is 11.0 Å². The van der Waals surface area contributed by atoms with Gasteiger partial charge in [-0.15, -0.1) is 0 Å². The Kier molecular flexibility index (Phi) is 2.36. The van der Waals surface area contributed by atoms with E-state index < -0.39 is 0 Å². The van der Waals surface area contributed by atoms with Crippen LogP contribution in [0.1, 0.15) is 24.3 Å². The van der Waals surface area contributed by atoms with Crippen molar-refractivity contribution in [2.24, 2.45) is 7.05 Å². The van der Waals surface area contributed by atoms with Crippen molar-refractivity contribution in [3.05, 3.63) is 24.3 Å². The molecule has 0 bridgehead atoms. The molecule has 1 fully saturated rings. The summed E-state index contributed by atoms with van der Waals surface area (Å²) in [4.78, 5) is 8.48. The number of hydrogen-bond donors (Lipinski definition) is 0. The average molecular weight is 217 g/mol. The van der Waals surface area contributed by atoms with Gasteiger partial charge in [0.25, 0.3) is 0 Å². The number of aryl methyl sites for hydroxylation is 1. The van der Waals surface area contributed by atoms with Gasteiger partial charge in [0.1, 0.15) is 6.33 Å². The van der Waals surface area contributed by atoms with Gasteiger partial charge in [-0.1, -0.05) is 0 Å². The van der Waals surface area contributed by atoms with Crippen molar-refractivity contribution in [2.45, 2.75) is 18.8 Å². The lowest BCUT2D eigenvalue weighted by molar-refractivity contribution is 0.0855. The molecule has 84 valence electrons. The van der Waals surface area contributed by atoms with Crippen LogP contribution in [0.15, 0.2) is 18.7 Å². The van der Waals surface area contributed by atoms with Crippen LogP contribution in [0.4, 0.5) is 0 Å². The molecule has 0 unspecified atom stereocenters. The van der Waals surface area contributed by atoms with Gasteiger partial charge in [0.15, 0.2) is 0 Å². The quantitative estimate of drug-likeness (QED) is 0.732. The molecule has 2 aromatic heterocycles. The number of nitrogens with zero attached hydrogens (tertiary/aromatic N) is 3. The predicted molar refractivity (Wildman–Crippen MR) is 61.3 cm³/mol. The molecule has 0 radical (unpaired) electrons. The Morgan fingerprint density at radius 1 is 1.38 bits per heavy atom. The smallest absolute Gasteiger partial charge is 0.116 e. The topological polar surface area (TPSA) is 39.9 Å². The second-order valence-electron chi connectivity index (χ2n) is 4.34. The Labute approximate surface area is 94.3 Å². The normalized spacial score (nSPS) is 18.1. The Bertz CT molecular complexity index is 500. The molecule has 4 nitrogen and oxygen atoms in total. The first kappa shape index (κ1) is 9.78. The monoisotopic (exact) mass is 217 g/mol. The van der Waals surface area contributed by atoms with Crippen LogP contribution in [-0.4, -0.2) is 27.7 Å². The summed E-state index contributed by atoms with van der Waals surface area (Å²) in [7, 11) is 2.05. The van der Waals surface area contributed by atoms with E-state index in [0.717, 1.165) is 37.1 Å². The zero-order chi connectivity index (χ0) is 11.0. The summed E-state index contributed by atoms with van der Waals surface area (Å²) in [5, 5.41) is 0. The van der Waals surface area contributed by atoms with Crippen LogP contribution >= 0.6 is 0 Å². The van der Waals surface area contributed by atoms with Crippen LogP contribution in [0.5, 0.6) is 0 Å². The first-order valence-corrected chi connectivity index (χ1v) is 5.69. The average Bonchev–Trinajstić information content (AvgIpc) is 2.69. The third kappa shape index (κ3) is 1.50. The van der Waals surface area contributed by atoms with Crippen molar-refractivity contribution in [1.82, 2.24) is 14.5 Å². The summed E-state index contributed by atoms with van der Waals surface area (Å²) < 4.78 is 7.51. The van der Waals surface area contributed by atoms with Gasteiger partial charge in [-0.05, 0) is 24.3 Å². The van der Waals surface area contributed by atoms with E-state index in [2.05, 4.69) is 27.8 Å². The van der Waals surface area contributed by atoms with Gasteiger partial charge < -0.3 is 9.30 Å². The molecular formula is C12H15N3O. The second kappa shape index (κ2) is 3.87. The van der Waals surface area contributed by atoms with Crippen LogP contribution in [0.2, 0.25) is 0 Å². The lowest BCUT2D eigenvalue weighted by Crippen LogP contribution is -2.13. The first-order valence-electron chi connectivity index (χ1n) is 5.69. The number of fused-ring (bicyclic) bond motifs is 1. The summed E-state index contributed by atoms with van der Waals surface area (Å²) in [5.74, 6) is 0.590. The highest BCUT2D eigenvalue weighted by atomic mass is 16.5. The molecule has 0 spiro atoms. The first-order chi connectivity index (χ1) is 7.86. The number of hydrogen-bond acceptors (Lipinski definition) is 3. The summed E-state index contributed by atoms with van der Waals surface area (Å²) in [6.07, 6.45) is 7.90. The molecule has 1 aliphatic heterocycles. The van der Waals surface area contributed by atoms with Crippen molar-refractivity contribution in [1.29, 1.82) is 0 Å². The molecule has 3 rings (SSSR count). The highest BCUT2D eigenvalue weighted by Crippen LogP contribution is 2.31. The van der Waals surface area contributed by atoms with Gasteiger partial charge in [0.05, 0.1) is 17.2 Å². The standard InChI is InChI=1S/C12H15N3O/c1-15-7-10(9-2-4-16-5-3-9)12-11(15)6-13-8-14-12/h6-9H,2-5H2,1H3. The van der Waals surface area contributed by atoms with Crippen molar-refractivity contribution in [3.8, 4) is 0 Å². The lowest BCUT2D eigenvalue weighted by atomic mass is 9.93. The molecule has 2 aromatic rings. The number of ether oxygens (including phenoxy) is 1. The van der Waals surface area contributed by atoms with E-state index >= 15 is 0 Å². The van der Waals surface area contributed by atoms with Crippen LogP contribution in [0.3, 0.4) is 0 Å². The van der Waals surface area contributed by atoms with Gasteiger partial charge in [-0.25, -0.2) is 9.97 Å². The van der Waals surface area contributed by atoms with Crippen LogP contribution in [0.25, 0.3) is 11.0 Å². The van der Waals surface area contributed by atoms with E-state index in [9.17, 15) is 0 Å². The fourth-order valence-electron chi connectivity index (χ4n) is 2.45. The maximum absolute atomic E-state index is 5.40. The van der Waals surface area contributed by atoms with Gasteiger partial charge in [-0.3, -0.25) is 0 Å². The van der Waals surface area contributed by atoms with Gasteiger partial charge in [0, 0.05) is 26.5 Å². The minimum Gasteiger partial charge on any atom is -0.381 e. The highest BCUT2D eigenvalue weighted by Gasteiger charge is 2.20. The molecule has 1 aliphatic rings. The summed E-state index contributed by atoms with van der Waals surface area (Å²) in [6, 6.07) is 0. The van der Waals surface area contributed by atoms with Crippen LogP contribution in [0, 0.1) is 0 Å². The molecule has 16 heavy (non-hydrogen) atoms. The number of rotatable bonds is 1. The minimum atomic E-state index is 0.590. The molecule has 0 aromatic carbocycles. The SMILES string of the molecule is Cn1cc(C2CCOCC2)c2ncncc21. The zero-order valence-corrected chi connectivity index (χ0v) is 9.39. The van der Waals surface area contributed by atoms with E-state index in [1.165, 1.54) is 5.56 Å². The Morgan fingerprint density at radius 3 is 3.00 bits per heavy atom. The van der Waals surface area contributed by atoms with E-state index in [-0.39, 0.29) is 0 Å². The fourth-order valence-corrected chi connectivity index (χ4v) is 2.45. The molecular weight excluding hydrogens is 202 g/mol. The molecule has 0 amide bonds. The van der Waals surface area contributed by atoms with E-state index in [1.807, 2.05) is 6.20 Å². The third-order valence-corrected chi connectivity index (χ3v) is 3.34. The predicted octanol–water partition coefficient (Wildman–Crippen LogP) is 1.86. The minimum absolute atomic E-state index is 0.590. The highest BCUT2D eigenvalue weighted by molar-refractivity contribution is 5.79. The molecule has 1 saturated heterocycles. The maximum atomic E-state index is 5.40. The van der Waals surface area contributed by atoms with E-state index in [1.54, 1.807) is 6.33 Å². The Morgan fingerprint density at radius 2 is 2.19 bits per heavy atom. The van der Waals surface area contributed by atoms with E-state index in [0.29, 0.717) is 5.92 Å². The van der Waals surface area contributed by atoms with Crippen LogP contribution in [-0.2, 0) is 11.8 Å². The number of aromatic nitrogens is 3. The fraction of sp³-hybridized carbons (Fsp3) is 0.500. The summed E-state index contributed by atoms with van der Waals surface area (Å²) in [5.41, 5.74) is 3.57. The van der Waals surface area contributed by atoms with Crippen molar-refractivity contribution < 1.29 is 4.74 Å². The van der Waals surface area contributed by atoms with Crippen LogP contribution < -0.4 is 0 Å². The Balaban J connectivity index is 2.08. The molecule has 0 aliphatic carbocycles. The Hall–Kier alpha value is -1.42. The molecule has 0 N–H and O–H groups in total. The summed E-state index contributed by atoms with van der Waals surface area (Å²) in [6.45, 7) is 1.73. The zero-order valence-electron chi connectivity index (χ0n) is 9.39.